The van der Waals surface area contributed by atoms with E-state index in [2.05, 4.69) is 0 Å². The van der Waals surface area contributed by atoms with Crippen LogP contribution < -0.4 is 10.5 Å². The Kier molecular flexibility index (Phi) is 5.06. The molecule has 100 valence electrons. The number of hydrogen-bond donors (Lipinski definition) is 2. The first-order valence-electron chi connectivity index (χ1n) is 5.43. The number of carbonyl (C=O) groups is 1. The topological polar surface area (TPSA) is 75.8 Å². The van der Waals surface area contributed by atoms with Crippen molar-refractivity contribution in [3.63, 3.8) is 0 Å². The number of benzene rings is 1. The number of nitrogens with zero attached hydrogens (tertiary/aromatic N) is 1. The van der Waals surface area contributed by atoms with E-state index < -0.39 is 24.4 Å². The highest BCUT2D eigenvalue weighted by Crippen LogP contribution is 2.20. The number of hydrogen-bond acceptors (Lipinski definition) is 4. The zero-order valence-electron chi connectivity index (χ0n) is 10.4. The summed E-state index contributed by atoms with van der Waals surface area (Å²) < 4.78 is 18.2. The standard InChI is InChI=1S/C12H17FN2O3/c1-15(12(17)10(14)7-16)6-8-5-9(13)3-4-11(8)18-2/h3-5,10,16H,6-7,14H2,1-2H3. The fourth-order valence-corrected chi connectivity index (χ4v) is 1.57. The van der Waals surface area contributed by atoms with Gasteiger partial charge in [-0.1, -0.05) is 0 Å². The lowest BCUT2D eigenvalue weighted by atomic mass is 10.1. The number of nitrogens with two attached hydrogens (primary N) is 1. The Hall–Kier alpha value is -1.66. The lowest BCUT2D eigenvalue weighted by Crippen LogP contribution is -2.43. The zero-order chi connectivity index (χ0) is 13.7. The summed E-state index contributed by atoms with van der Waals surface area (Å²) in [6.45, 7) is -0.267. The van der Waals surface area contributed by atoms with Crippen molar-refractivity contribution in [2.24, 2.45) is 5.73 Å². The molecular weight excluding hydrogens is 239 g/mol. The van der Waals surface area contributed by atoms with Crippen LogP contribution in [0.4, 0.5) is 4.39 Å². The normalized spacial score (nSPS) is 12.1. The molecule has 0 fully saturated rings. The first-order valence-corrected chi connectivity index (χ1v) is 5.43. The number of ether oxygens (including phenoxy) is 1. The summed E-state index contributed by atoms with van der Waals surface area (Å²) in [5.74, 6) is -0.324. The van der Waals surface area contributed by atoms with Crippen molar-refractivity contribution in [1.82, 2.24) is 4.90 Å². The molecular formula is C12H17FN2O3. The molecule has 18 heavy (non-hydrogen) atoms. The molecule has 0 aliphatic rings. The van der Waals surface area contributed by atoms with Gasteiger partial charge >= 0.3 is 0 Å². The van der Waals surface area contributed by atoms with Gasteiger partial charge in [-0.05, 0) is 18.2 Å². The molecule has 1 aromatic carbocycles. The third-order valence-corrected chi connectivity index (χ3v) is 2.54. The summed E-state index contributed by atoms with van der Waals surface area (Å²) in [5, 5.41) is 8.81. The summed E-state index contributed by atoms with van der Waals surface area (Å²) in [5.41, 5.74) is 5.97. The van der Waals surface area contributed by atoms with E-state index in [0.29, 0.717) is 11.3 Å². The van der Waals surface area contributed by atoms with Crippen LogP contribution >= 0.6 is 0 Å². The molecule has 1 amide bonds. The predicted octanol–water partition coefficient (Wildman–Crippen LogP) is 0.112. The smallest absolute Gasteiger partial charge is 0.241 e. The molecule has 1 atom stereocenters. The van der Waals surface area contributed by atoms with E-state index in [4.69, 9.17) is 15.6 Å². The maximum absolute atomic E-state index is 13.1. The second kappa shape index (κ2) is 6.32. The molecule has 0 saturated carbocycles. The van der Waals surface area contributed by atoms with Crippen molar-refractivity contribution in [3.8, 4) is 5.75 Å². The van der Waals surface area contributed by atoms with Crippen molar-refractivity contribution in [3.05, 3.63) is 29.6 Å². The van der Waals surface area contributed by atoms with Crippen LogP contribution in [0.25, 0.3) is 0 Å². The van der Waals surface area contributed by atoms with Gasteiger partial charge in [-0.3, -0.25) is 4.79 Å². The first kappa shape index (κ1) is 14.4. The lowest BCUT2D eigenvalue weighted by molar-refractivity contribution is -0.132. The van der Waals surface area contributed by atoms with Crippen LogP contribution in [0.3, 0.4) is 0 Å². The van der Waals surface area contributed by atoms with Crippen LogP contribution in [-0.2, 0) is 11.3 Å². The Bertz CT molecular complexity index is 426. The molecule has 0 aromatic heterocycles. The van der Waals surface area contributed by atoms with Crippen molar-refractivity contribution in [2.75, 3.05) is 20.8 Å². The average molecular weight is 256 g/mol. The summed E-state index contributed by atoms with van der Waals surface area (Å²) >= 11 is 0. The van der Waals surface area contributed by atoms with Gasteiger partial charge in [0.15, 0.2) is 0 Å². The molecule has 1 unspecified atom stereocenters. The highest BCUT2D eigenvalue weighted by atomic mass is 19.1. The SMILES string of the molecule is COc1ccc(F)cc1CN(C)C(=O)C(N)CO. The highest BCUT2D eigenvalue weighted by Gasteiger charge is 2.18. The van der Waals surface area contributed by atoms with E-state index >= 15 is 0 Å². The third kappa shape index (κ3) is 3.41. The Morgan fingerprint density at radius 2 is 2.28 bits per heavy atom. The summed E-state index contributed by atoms with van der Waals surface area (Å²) in [6, 6.07) is 3.11. The number of amides is 1. The number of halogens is 1. The fraction of sp³-hybridized carbons (Fsp3) is 0.417. The Balaban J connectivity index is 2.83. The number of methoxy groups -OCH3 is 1. The van der Waals surface area contributed by atoms with Crippen molar-refractivity contribution < 1.29 is 19.0 Å². The zero-order valence-corrected chi connectivity index (χ0v) is 10.4. The van der Waals surface area contributed by atoms with Gasteiger partial charge in [0.25, 0.3) is 0 Å². The minimum Gasteiger partial charge on any atom is -0.496 e. The van der Waals surface area contributed by atoms with E-state index in [1.54, 1.807) is 0 Å². The fourth-order valence-electron chi connectivity index (χ4n) is 1.57. The van der Waals surface area contributed by atoms with Crippen LogP contribution in [0, 0.1) is 5.82 Å². The largest absolute Gasteiger partial charge is 0.496 e. The van der Waals surface area contributed by atoms with Crippen molar-refractivity contribution in [1.29, 1.82) is 0 Å². The molecule has 0 bridgehead atoms. The van der Waals surface area contributed by atoms with E-state index in [9.17, 15) is 9.18 Å². The monoisotopic (exact) mass is 256 g/mol. The predicted molar refractivity (Wildman–Crippen MR) is 64.5 cm³/mol. The van der Waals surface area contributed by atoms with E-state index in [1.165, 1.54) is 37.3 Å². The van der Waals surface area contributed by atoms with E-state index in [1.807, 2.05) is 0 Å². The van der Waals surface area contributed by atoms with Gasteiger partial charge < -0.3 is 20.5 Å². The lowest BCUT2D eigenvalue weighted by Gasteiger charge is -2.21. The van der Waals surface area contributed by atoms with Gasteiger partial charge in [0.2, 0.25) is 5.91 Å². The summed E-state index contributed by atoms with van der Waals surface area (Å²) in [6.07, 6.45) is 0. The molecule has 1 aromatic rings. The number of aliphatic hydroxyl groups is 1. The van der Waals surface area contributed by atoms with Crippen LogP contribution in [0.1, 0.15) is 5.56 Å². The molecule has 0 aliphatic heterocycles. The third-order valence-electron chi connectivity index (χ3n) is 2.54. The van der Waals surface area contributed by atoms with Gasteiger partial charge in [0, 0.05) is 19.2 Å². The van der Waals surface area contributed by atoms with Crippen molar-refractivity contribution >= 4 is 5.91 Å². The van der Waals surface area contributed by atoms with Gasteiger partial charge in [-0.15, -0.1) is 0 Å². The second-order valence-corrected chi connectivity index (χ2v) is 3.94. The van der Waals surface area contributed by atoms with E-state index in [0.717, 1.165) is 0 Å². The number of carbonyl (C=O) groups excluding carboxylic acids is 1. The maximum Gasteiger partial charge on any atom is 0.241 e. The summed E-state index contributed by atoms with van der Waals surface area (Å²) in [4.78, 5) is 13.0. The molecule has 0 aliphatic carbocycles. The molecule has 0 heterocycles. The summed E-state index contributed by atoms with van der Waals surface area (Å²) in [7, 11) is 3.00. The molecule has 0 radical (unpaired) electrons. The van der Waals surface area contributed by atoms with Gasteiger partial charge in [0.1, 0.15) is 17.6 Å². The minimum atomic E-state index is -0.963. The maximum atomic E-state index is 13.1. The number of likely N-dealkylation sites (N-methyl/N-ethyl adjacent to an activating group) is 1. The van der Waals surface area contributed by atoms with Gasteiger partial charge in [-0.25, -0.2) is 4.39 Å². The van der Waals surface area contributed by atoms with Crippen LogP contribution in [0.2, 0.25) is 0 Å². The molecule has 1 rings (SSSR count). The number of rotatable bonds is 5. The highest BCUT2D eigenvalue weighted by molar-refractivity contribution is 5.81. The molecule has 3 N–H and O–H groups in total. The molecule has 5 nitrogen and oxygen atoms in total. The van der Waals surface area contributed by atoms with Crippen LogP contribution in [-0.4, -0.2) is 42.7 Å². The Morgan fingerprint density at radius 1 is 1.61 bits per heavy atom. The van der Waals surface area contributed by atoms with E-state index in [-0.39, 0.29) is 6.54 Å². The number of aliphatic hydroxyl groups excluding tert-OH is 1. The first-order chi connectivity index (χ1) is 8.49. The Labute approximate surface area is 105 Å². The average Bonchev–Trinajstić information content (AvgIpc) is 2.37. The van der Waals surface area contributed by atoms with Crippen molar-refractivity contribution in [2.45, 2.75) is 12.6 Å². The van der Waals surface area contributed by atoms with Crippen LogP contribution in [0.5, 0.6) is 5.75 Å². The minimum absolute atomic E-state index is 0.160. The molecule has 6 heteroatoms. The van der Waals surface area contributed by atoms with Crippen LogP contribution in [0.15, 0.2) is 18.2 Å². The molecule has 0 spiro atoms. The van der Waals surface area contributed by atoms with Gasteiger partial charge in [-0.2, -0.15) is 0 Å². The second-order valence-electron chi connectivity index (χ2n) is 3.94. The Morgan fingerprint density at radius 3 is 2.83 bits per heavy atom. The quantitative estimate of drug-likeness (QED) is 0.784. The van der Waals surface area contributed by atoms with Gasteiger partial charge in [0.05, 0.1) is 13.7 Å². The molecule has 0 saturated heterocycles.